The predicted molar refractivity (Wildman–Crippen MR) is 112 cm³/mol. The Morgan fingerprint density at radius 3 is 1.48 bits per heavy atom. The molecule has 6 heteroatoms. The van der Waals surface area contributed by atoms with Crippen molar-refractivity contribution in [2.45, 2.75) is 111 Å². The lowest BCUT2D eigenvalue weighted by molar-refractivity contribution is -0.292. The molecule has 2 unspecified atom stereocenters. The Morgan fingerprint density at radius 1 is 0.840 bits per heavy atom. The molecule has 0 fully saturated rings. The summed E-state index contributed by atoms with van der Waals surface area (Å²) in [5, 5.41) is 10.0. The van der Waals surface area contributed by atoms with Crippen LogP contribution in [0.1, 0.15) is 62.3 Å². The van der Waals surface area contributed by atoms with Gasteiger partial charge in [-0.15, -0.1) is 0 Å². The van der Waals surface area contributed by atoms with Gasteiger partial charge < -0.3 is 9.53 Å². The molecule has 0 aliphatic heterocycles. The molecule has 4 nitrogen and oxygen atoms in total. The highest BCUT2D eigenvalue weighted by Crippen LogP contribution is 2.43. The van der Waals surface area contributed by atoms with Crippen LogP contribution in [0.3, 0.4) is 0 Å². The summed E-state index contributed by atoms with van der Waals surface area (Å²) in [7, 11) is -3.93. The molecule has 152 valence electrons. The smallest absolute Gasteiger partial charge is 0.246 e. The van der Waals surface area contributed by atoms with Crippen LogP contribution >= 0.6 is 0 Å². The Labute approximate surface area is 158 Å². The van der Waals surface area contributed by atoms with Crippen LogP contribution < -0.4 is 0 Å². The average Bonchev–Trinajstić information content (AvgIpc) is 2.38. The van der Waals surface area contributed by atoms with Crippen LogP contribution in [0.15, 0.2) is 0 Å². The first kappa shape index (κ1) is 25.3. The van der Waals surface area contributed by atoms with Crippen molar-refractivity contribution in [2.75, 3.05) is 6.61 Å². The van der Waals surface area contributed by atoms with Crippen molar-refractivity contribution in [3.05, 3.63) is 0 Å². The molecule has 1 N–H and O–H groups in total. The van der Waals surface area contributed by atoms with Gasteiger partial charge in [0.25, 0.3) is 0 Å². The van der Waals surface area contributed by atoms with Crippen LogP contribution in [-0.2, 0) is 13.9 Å². The SMILES string of the molecule is CC(C)[Si](OOC(CO)C(O[Si](C)(C)C)C(C)(C)C)(C(C)C)C(C)C. The van der Waals surface area contributed by atoms with Gasteiger partial charge in [0, 0.05) is 0 Å². The fraction of sp³-hybridized carbons (Fsp3) is 1.00. The summed E-state index contributed by atoms with van der Waals surface area (Å²) in [4.78, 5) is 5.98. The van der Waals surface area contributed by atoms with Crippen molar-refractivity contribution in [2.24, 2.45) is 5.41 Å². The van der Waals surface area contributed by atoms with Gasteiger partial charge in [0.15, 0.2) is 8.32 Å². The third kappa shape index (κ3) is 7.07. The second-order valence-electron chi connectivity index (χ2n) is 10.2. The van der Waals surface area contributed by atoms with E-state index >= 15 is 0 Å². The fourth-order valence-electron chi connectivity index (χ4n) is 3.80. The molecule has 0 aromatic heterocycles. The van der Waals surface area contributed by atoms with Gasteiger partial charge in [0.1, 0.15) is 6.10 Å². The lowest BCUT2D eigenvalue weighted by atomic mass is 9.86. The van der Waals surface area contributed by atoms with E-state index < -0.39 is 22.7 Å². The van der Waals surface area contributed by atoms with Crippen molar-refractivity contribution in [1.82, 2.24) is 0 Å². The molecule has 0 aromatic rings. The van der Waals surface area contributed by atoms with Gasteiger partial charge in [0.05, 0.1) is 12.7 Å². The normalized spacial score (nSPS) is 16.8. The zero-order chi connectivity index (χ0) is 20.2. The summed E-state index contributed by atoms with van der Waals surface area (Å²) in [6.45, 7) is 26.1. The number of rotatable bonds is 10. The highest BCUT2D eigenvalue weighted by atomic mass is 28.4. The summed E-state index contributed by atoms with van der Waals surface area (Å²) in [5.41, 5.74) is 1.14. The maximum absolute atomic E-state index is 10.0. The molecule has 0 heterocycles. The van der Waals surface area contributed by atoms with E-state index in [1.807, 2.05) is 0 Å². The fourth-order valence-corrected chi connectivity index (χ4v) is 9.94. The van der Waals surface area contributed by atoms with E-state index in [9.17, 15) is 5.11 Å². The molecule has 0 amide bonds. The van der Waals surface area contributed by atoms with Crippen LogP contribution in [0.5, 0.6) is 0 Å². The van der Waals surface area contributed by atoms with Crippen molar-refractivity contribution in [1.29, 1.82) is 0 Å². The Kier molecular flexibility index (Phi) is 9.57. The molecule has 2 atom stereocenters. The van der Waals surface area contributed by atoms with Gasteiger partial charge >= 0.3 is 0 Å². The van der Waals surface area contributed by atoms with E-state index in [1.54, 1.807) is 0 Å². The predicted octanol–water partition coefficient (Wildman–Crippen LogP) is 5.74. The molecular weight excluding hydrogens is 348 g/mol. The van der Waals surface area contributed by atoms with Crippen molar-refractivity contribution in [3.8, 4) is 0 Å². The minimum absolute atomic E-state index is 0.106. The molecule has 25 heavy (non-hydrogen) atoms. The second-order valence-corrected chi connectivity index (χ2v) is 20.0. The third-order valence-corrected chi connectivity index (χ3v) is 11.6. The highest BCUT2D eigenvalue weighted by Gasteiger charge is 2.48. The van der Waals surface area contributed by atoms with Gasteiger partial charge in [-0.2, -0.15) is 0 Å². The quantitative estimate of drug-likeness (QED) is 0.293. The standard InChI is InChI=1S/C19H44O4Si2/c1-14(2)25(15(3)4,16(5)6)23-21-17(13-20)18(19(7,8)9)22-24(10,11)12/h14-18,20H,13H2,1-12H3. The number of hydrogen-bond donors (Lipinski definition) is 1. The molecule has 0 spiro atoms. The molecule has 0 aromatic carbocycles. The van der Waals surface area contributed by atoms with E-state index in [0.29, 0.717) is 16.6 Å². The zero-order valence-electron chi connectivity index (χ0n) is 18.8. The van der Waals surface area contributed by atoms with Crippen LogP contribution in [0.2, 0.25) is 36.3 Å². The average molecular weight is 393 g/mol. The van der Waals surface area contributed by atoms with E-state index in [1.165, 1.54) is 0 Å². The van der Waals surface area contributed by atoms with Gasteiger partial charge in [-0.25, -0.2) is 4.89 Å². The second kappa shape index (κ2) is 9.46. The lowest BCUT2D eigenvalue weighted by Crippen LogP contribution is -2.53. The van der Waals surface area contributed by atoms with Gasteiger partial charge in [-0.05, 0) is 41.7 Å². The highest BCUT2D eigenvalue weighted by molar-refractivity contribution is 6.77. The molecule has 0 radical (unpaired) electrons. The molecule has 0 saturated heterocycles. The van der Waals surface area contributed by atoms with Gasteiger partial charge in [-0.1, -0.05) is 62.3 Å². The summed E-state index contributed by atoms with van der Waals surface area (Å²) in [6, 6.07) is 0. The monoisotopic (exact) mass is 392 g/mol. The Morgan fingerprint density at radius 2 is 1.24 bits per heavy atom. The summed E-state index contributed by atoms with van der Waals surface area (Å²) in [6.07, 6.45) is -0.683. The molecular formula is C19H44O4Si2. The summed E-state index contributed by atoms with van der Waals surface area (Å²) in [5.74, 6) is 0. The number of aliphatic hydroxyl groups is 1. The van der Waals surface area contributed by atoms with Crippen molar-refractivity contribution < 1.29 is 19.0 Å². The maximum atomic E-state index is 10.0. The third-order valence-electron chi connectivity index (χ3n) is 4.87. The van der Waals surface area contributed by atoms with E-state index in [0.717, 1.165) is 0 Å². The molecule has 0 bridgehead atoms. The minimum Gasteiger partial charge on any atom is -0.411 e. The Balaban J connectivity index is 5.52. The minimum atomic E-state index is -2.15. The molecule has 0 aliphatic carbocycles. The Hall–Kier alpha value is 0.274. The topological polar surface area (TPSA) is 47.9 Å². The largest absolute Gasteiger partial charge is 0.411 e. The summed E-state index contributed by atoms with van der Waals surface area (Å²) >= 11 is 0. The van der Waals surface area contributed by atoms with Crippen LogP contribution in [-0.4, -0.2) is 40.6 Å². The first-order valence-electron chi connectivity index (χ1n) is 9.72. The van der Waals surface area contributed by atoms with Crippen molar-refractivity contribution >= 4 is 16.6 Å². The zero-order valence-corrected chi connectivity index (χ0v) is 20.8. The van der Waals surface area contributed by atoms with E-state index in [2.05, 4.69) is 82.0 Å². The van der Waals surface area contributed by atoms with Gasteiger partial charge in [-0.3, -0.25) is 4.58 Å². The Bertz CT molecular complexity index is 362. The van der Waals surface area contributed by atoms with Crippen molar-refractivity contribution in [3.63, 3.8) is 0 Å². The lowest BCUT2D eigenvalue weighted by Gasteiger charge is -2.44. The van der Waals surface area contributed by atoms with Crippen LogP contribution in [0.4, 0.5) is 0 Å². The number of aliphatic hydroxyl groups excluding tert-OH is 1. The van der Waals surface area contributed by atoms with E-state index in [-0.39, 0.29) is 18.1 Å². The molecule has 0 aliphatic rings. The molecule has 0 saturated carbocycles. The first-order valence-corrected chi connectivity index (χ1v) is 15.3. The van der Waals surface area contributed by atoms with E-state index in [4.69, 9.17) is 13.9 Å². The van der Waals surface area contributed by atoms with Gasteiger partial charge in [0.2, 0.25) is 8.32 Å². The first-order chi connectivity index (χ1) is 11.1. The van der Waals surface area contributed by atoms with Crippen LogP contribution in [0.25, 0.3) is 0 Å². The molecule has 0 rings (SSSR count). The van der Waals surface area contributed by atoms with Crippen LogP contribution in [0, 0.1) is 5.41 Å². The number of hydrogen-bond acceptors (Lipinski definition) is 4. The summed E-state index contributed by atoms with van der Waals surface area (Å²) < 4.78 is 12.7. The maximum Gasteiger partial charge on any atom is 0.246 e.